The van der Waals surface area contributed by atoms with Crippen LogP contribution in [0.2, 0.25) is 0 Å². The summed E-state index contributed by atoms with van der Waals surface area (Å²) in [5, 5.41) is 0. The van der Waals surface area contributed by atoms with Crippen molar-refractivity contribution in [1.82, 2.24) is 0 Å². The van der Waals surface area contributed by atoms with Crippen LogP contribution in [0.1, 0.15) is 48.4 Å². The molecule has 4 aliphatic rings. The minimum absolute atomic E-state index is 0.196. The number of ketones is 2. The summed E-state index contributed by atoms with van der Waals surface area (Å²) >= 11 is 0. The molecule has 0 aromatic heterocycles. The van der Waals surface area contributed by atoms with Gasteiger partial charge in [-0.25, -0.2) is 0 Å². The van der Waals surface area contributed by atoms with E-state index < -0.39 is 23.0 Å². The second-order valence-electron chi connectivity index (χ2n) is 10.5. The molecule has 1 saturated carbocycles. The van der Waals surface area contributed by atoms with Crippen molar-refractivity contribution in [2.45, 2.75) is 37.4 Å². The zero-order valence-corrected chi connectivity index (χ0v) is 19.8. The summed E-state index contributed by atoms with van der Waals surface area (Å²) in [6.07, 6.45) is 4.49. The maximum absolute atomic E-state index is 14.5. The molecule has 6 atom stereocenters. The Morgan fingerprint density at radius 1 is 0.714 bits per heavy atom. The van der Waals surface area contributed by atoms with Crippen LogP contribution >= 0.6 is 0 Å². The SMILES string of the molecule is CCC1=CC[C@H]2C(=O)[C@@H]3[C@@H](C(=O)[C@@H]2C1)[C@@]1(c2ccccc2)O[C@@]3(c2ccccc2)c2ccccc21. The lowest BCUT2D eigenvalue weighted by Gasteiger charge is -2.47. The van der Waals surface area contributed by atoms with Gasteiger partial charge >= 0.3 is 0 Å². The summed E-state index contributed by atoms with van der Waals surface area (Å²) in [6.45, 7) is 2.14. The maximum Gasteiger partial charge on any atom is 0.144 e. The van der Waals surface area contributed by atoms with Gasteiger partial charge in [-0.15, -0.1) is 0 Å². The molecule has 0 unspecified atom stereocenters. The molecule has 2 aliphatic heterocycles. The summed E-state index contributed by atoms with van der Waals surface area (Å²) in [7, 11) is 0. The van der Waals surface area contributed by atoms with E-state index >= 15 is 0 Å². The van der Waals surface area contributed by atoms with Crippen molar-refractivity contribution in [3.63, 3.8) is 0 Å². The van der Waals surface area contributed by atoms with E-state index in [1.54, 1.807) is 0 Å². The highest BCUT2D eigenvalue weighted by atomic mass is 16.5. The van der Waals surface area contributed by atoms with Gasteiger partial charge in [-0.05, 0) is 41.5 Å². The van der Waals surface area contributed by atoms with Crippen LogP contribution in [0.15, 0.2) is 96.6 Å². The zero-order valence-electron chi connectivity index (χ0n) is 19.8. The first-order valence-corrected chi connectivity index (χ1v) is 12.8. The molecule has 3 heteroatoms. The molecular weight excluding hydrogens is 432 g/mol. The molecule has 3 aromatic rings. The molecule has 2 bridgehead atoms. The summed E-state index contributed by atoms with van der Waals surface area (Å²) in [5.41, 5.74) is 3.32. The average Bonchev–Trinajstić information content (AvgIpc) is 3.42. The highest BCUT2D eigenvalue weighted by Crippen LogP contribution is 2.71. The number of allylic oxidation sites excluding steroid dienone is 2. The third-order valence-corrected chi connectivity index (χ3v) is 9.09. The Morgan fingerprint density at radius 3 is 1.71 bits per heavy atom. The van der Waals surface area contributed by atoms with Crippen molar-refractivity contribution in [2.24, 2.45) is 23.7 Å². The van der Waals surface area contributed by atoms with Crippen LogP contribution in [0.3, 0.4) is 0 Å². The van der Waals surface area contributed by atoms with Crippen LogP contribution < -0.4 is 0 Å². The van der Waals surface area contributed by atoms with Crippen molar-refractivity contribution < 1.29 is 14.3 Å². The lowest BCUT2D eigenvalue weighted by Crippen LogP contribution is -2.57. The number of benzene rings is 3. The first kappa shape index (κ1) is 21.0. The Balaban J connectivity index is 1.54. The molecule has 0 amide bonds. The van der Waals surface area contributed by atoms with Gasteiger partial charge in [-0.2, -0.15) is 0 Å². The number of carbonyl (C=O) groups is 2. The van der Waals surface area contributed by atoms with Crippen molar-refractivity contribution in [1.29, 1.82) is 0 Å². The van der Waals surface area contributed by atoms with E-state index in [9.17, 15) is 9.59 Å². The summed E-state index contributed by atoms with van der Waals surface area (Å²) in [6, 6.07) is 28.5. The van der Waals surface area contributed by atoms with E-state index in [1.165, 1.54) is 5.57 Å². The number of rotatable bonds is 3. The summed E-state index contributed by atoms with van der Waals surface area (Å²) in [4.78, 5) is 29.0. The fourth-order valence-corrected chi connectivity index (χ4v) is 7.64. The number of hydrogen-bond donors (Lipinski definition) is 0. The smallest absolute Gasteiger partial charge is 0.144 e. The third kappa shape index (κ3) is 2.49. The first-order valence-electron chi connectivity index (χ1n) is 12.8. The van der Waals surface area contributed by atoms with E-state index in [1.807, 2.05) is 48.5 Å². The van der Waals surface area contributed by atoms with Gasteiger partial charge in [0.25, 0.3) is 0 Å². The normalized spacial score (nSPS) is 34.7. The molecule has 3 nitrogen and oxygen atoms in total. The van der Waals surface area contributed by atoms with Crippen molar-refractivity contribution in [2.75, 3.05) is 0 Å². The number of ether oxygens (including phenoxy) is 1. The minimum Gasteiger partial charge on any atom is -0.348 e. The molecule has 1 saturated heterocycles. The molecule has 2 aliphatic carbocycles. The second-order valence-corrected chi connectivity index (χ2v) is 10.5. The van der Waals surface area contributed by atoms with E-state index in [0.717, 1.165) is 28.7 Å². The topological polar surface area (TPSA) is 43.4 Å². The lowest BCUT2D eigenvalue weighted by molar-refractivity contribution is -0.149. The highest BCUT2D eigenvalue weighted by molar-refractivity contribution is 6.03. The number of carbonyl (C=O) groups excluding carboxylic acids is 2. The summed E-state index contributed by atoms with van der Waals surface area (Å²) < 4.78 is 7.28. The molecule has 35 heavy (non-hydrogen) atoms. The van der Waals surface area contributed by atoms with E-state index in [-0.39, 0.29) is 23.4 Å². The van der Waals surface area contributed by atoms with E-state index in [0.29, 0.717) is 12.8 Å². The highest BCUT2D eigenvalue weighted by Gasteiger charge is 2.77. The third-order valence-electron chi connectivity index (χ3n) is 9.09. The first-order chi connectivity index (χ1) is 17.1. The van der Waals surface area contributed by atoms with Gasteiger partial charge in [0.1, 0.15) is 22.8 Å². The molecular formula is C32H28O3. The maximum atomic E-state index is 14.5. The molecule has 0 radical (unpaired) electrons. The number of hydrogen-bond acceptors (Lipinski definition) is 3. The Bertz CT molecular complexity index is 1370. The van der Waals surface area contributed by atoms with Gasteiger partial charge in [-0.1, -0.05) is 104 Å². The monoisotopic (exact) mass is 460 g/mol. The Morgan fingerprint density at radius 2 is 1.20 bits per heavy atom. The van der Waals surface area contributed by atoms with Crippen molar-refractivity contribution >= 4 is 11.6 Å². The Kier molecular flexibility index (Phi) is 4.41. The zero-order chi connectivity index (χ0) is 23.8. The van der Waals surface area contributed by atoms with E-state index in [2.05, 4.69) is 49.4 Å². The largest absolute Gasteiger partial charge is 0.348 e. The van der Waals surface area contributed by atoms with Crippen LogP contribution in [0.5, 0.6) is 0 Å². The second kappa shape index (κ2) is 7.35. The van der Waals surface area contributed by atoms with Gasteiger partial charge < -0.3 is 4.74 Å². The Labute approximate surface area is 205 Å². The predicted molar refractivity (Wildman–Crippen MR) is 134 cm³/mol. The van der Waals surface area contributed by atoms with Gasteiger partial charge in [0, 0.05) is 11.8 Å². The van der Waals surface area contributed by atoms with Crippen LogP contribution in [-0.4, -0.2) is 11.6 Å². The van der Waals surface area contributed by atoms with Gasteiger partial charge in [-0.3, -0.25) is 9.59 Å². The fraction of sp³-hybridized carbons (Fsp3) is 0.312. The fourth-order valence-electron chi connectivity index (χ4n) is 7.64. The van der Waals surface area contributed by atoms with Crippen LogP contribution in [0.4, 0.5) is 0 Å². The quantitative estimate of drug-likeness (QED) is 0.453. The predicted octanol–water partition coefficient (Wildman–Crippen LogP) is 5.96. The average molecular weight is 461 g/mol. The standard InChI is InChI=1S/C32H28O3/c1-2-20-17-18-23-24(19-20)30(34)28-27(29(23)33)31(21-11-5-3-6-12-21)25-15-9-10-16-26(25)32(28,35-31)22-13-7-4-8-14-22/h3-17,23-24,27-28H,2,18-19H2,1H3/t23-,24-,27+,28+,31+,32+/m1/s1. The van der Waals surface area contributed by atoms with Crippen molar-refractivity contribution in [3.05, 3.63) is 119 Å². The van der Waals surface area contributed by atoms with Gasteiger partial charge in [0.2, 0.25) is 0 Å². The molecule has 7 rings (SSSR count). The molecule has 2 fully saturated rings. The van der Waals surface area contributed by atoms with Gasteiger partial charge in [0.15, 0.2) is 0 Å². The van der Waals surface area contributed by atoms with Gasteiger partial charge in [0.05, 0.1) is 11.8 Å². The number of Topliss-reactive ketones (excluding diaryl/α,β-unsaturated/α-hetero) is 2. The van der Waals surface area contributed by atoms with Crippen molar-refractivity contribution in [3.8, 4) is 0 Å². The minimum atomic E-state index is -0.969. The van der Waals surface area contributed by atoms with Crippen LogP contribution in [0.25, 0.3) is 0 Å². The number of fused-ring (bicyclic) bond motifs is 9. The van der Waals surface area contributed by atoms with Crippen LogP contribution in [0, 0.1) is 23.7 Å². The molecule has 2 heterocycles. The summed E-state index contributed by atoms with van der Waals surface area (Å²) in [5.74, 6) is -1.19. The molecule has 0 N–H and O–H groups in total. The van der Waals surface area contributed by atoms with Crippen LogP contribution in [-0.2, 0) is 25.5 Å². The molecule has 0 spiro atoms. The molecule has 3 aromatic carbocycles. The molecule has 174 valence electrons. The lowest BCUT2D eigenvalue weighted by atomic mass is 9.50. The van der Waals surface area contributed by atoms with E-state index in [4.69, 9.17) is 4.74 Å². The Hall–Kier alpha value is -3.30.